The van der Waals surface area contributed by atoms with E-state index in [2.05, 4.69) is 36.5 Å². The van der Waals surface area contributed by atoms with Crippen molar-refractivity contribution in [2.45, 2.75) is 45.6 Å². The van der Waals surface area contributed by atoms with Gasteiger partial charge in [0.25, 0.3) is 0 Å². The third kappa shape index (κ3) is 3.49. The lowest BCUT2D eigenvalue weighted by Crippen LogP contribution is -2.38. The first-order chi connectivity index (χ1) is 8.65. The van der Waals surface area contributed by atoms with Gasteiger partial charge in [-0.05, 0) is 38.0 Å². The molecule has 0 saturated heterocycles. The van der Waals surface area contributed by atoms with Gasteiger partial charge >= 0.3 is 0 Å². The lowest BCUT2D eigenvalue weighted by atomic mass is 9.75. The van der Waals surface area contributed by atoms with Gasteiger partial charge in [-0.25, -0.2) is 4.98 Å². The Morgan fingerprint density at radius 2 is 2.11 bits per heavy atom. The van der Waals surface area contributed by atoms with E-state index in [1.807, 2.05) is 5.51 Å². The van der Waals surface area contributed by atoms with Crippen molar-refractivity contribution in [3.05, 3.63) is 16.1 Å². The Balaban J connectivity index is 1.93. The first kappa shape index (κ1) is 14.4. The van der Waals surface area contributed by atoms with Crippen LogP contribution in [-0.2, 0) is 6.54 Å². The molecule has 0 aromatic carbocycles. The number of aromatic nitrogens is 1. The molecule has 18 heavy (non-hydrogen) atoms. The molecule has 1 aromatic heterocycles. The van der Waals surface area contributed by atoms with E-state index in [0.717, 1.165) is 12.3 Å². The summed E-state index contributed by atoms with van der Waals surface area (Å²) in [5.74, 6) is 1.03. The monoisotopic (exact) mass is 284 g/mol. The average Bonchev–Trinajstić information content (AvgIpc) is 2.76. The zero-order valence-electron chi connectivity index (χ0n) is 11.5. The van der Waals surface area contributed by atoms with Crippen molar-refractivity contribution in [2.24, 2.45) is 5.41 Å². The molecule has 0 spiro atoms. The van der Waals surface area contributed by atoms with Crippen molar-refractivity contribution in [3.63, 3.8) is 0 Å². The maximum Gasteiger partial charge on any atom is 0.0798 e. The molecule has 0 amide bonds. The summed E-state index contributed by atoms with van der Waals surface area (Å²) in [6.45, 7) is 4.31. The summed E-state index contributed by atoms with van der Waals surface area (Å²) >= 11 is 6.40. The van der Waals surface area contributed by atoms with E-state index >= 15 is 0 Å². The van der Waals surface area contributed by atoms with E-state index in [0.29, 0.717) is 5.41 Å². The van der Waals surface area contributed by atoms with Gasteiger partial charge in [0.2, 0.25) is 0 Å². The minimum absolute atomic E-state index is 0.453. The smallest absolute Gasteiger partial charge is 0.0798 e. The summed E-state index contributed by atoms with van der Waals surface area (Å²) < 4.78 is 0. The van der Waals surface area contributed by atoms with Gasteiger partial charge < -0.3 is 4.90 Å². The van der Waals surface area contributed by atoms with Gasteiger partial charge in [-0.3, -0.25) is 0 Å². The van der Waals surface area contributed by atoms with Crippen LogP contribution in [0.1, 0.15) is 42.7 Å². The standard InChI is InChI=1S/C14H24N2S2/c1-12-13(18-11-15-12)8-16(2)9-14(10-17)6-4-3-5-7-14/h11,17H,3-10H2,1-2H3. The van der Waals surface area contributed by atoms with Crippen molar-refractivity contribution in [2.75, 3.05) is 19.3 Å². The molecule has 1 aliphatic rings. The number of hydrogen-bond donors (Lipinski definition) is 1. The third-order valence-corrected chi connectivity index (χ3v) is 5.70. The number of thiazole rings is 1. The second kappa shape index (κ2) is 6.40. The summed E-state index contributed by atoms with van der Waals surface area (Å²) in [6.07, 6.45) is 6.88. The second-order valence-corrected chi connectivity index (χ2v) is 7.01. The van der Waals surface area contributed by atoms with Crippen LogP contribution in [-0.4, -0.2) is 29.2 Å². The van der Waals surface area contributed by atoms with Gasteiger partial charge in [0.05, 0.1) is 11.2 Å². The van der Waals surface area contributed by atoms with Crippen LogP contribution in [0.15, 0.2) is 5.51 Å². The fourth-order valence-electron chi connectivity index (χ4n) is 3.02. The molecule has 0 unspecified atom stereocenters. The molecule has 0 bridgehead atoms. The number of hydrogen-bond acceptors (Lipinski definition) is 4. The van der Waals surface area contributed by atoms with Gasteiger partial charge in [0.1, 0.15) is 0 Å². The number of rotatable bonds is 5. The highest BCUT2D eigenvalue weighted by Crippen LogP contribution is 2.38. The molecule has 0 aliphatic heterocycles. The lowest BCUT2D eigenvalue weighted by molar-refractivity contribution is 0.141. The maximum absolute atomic E-state index is 4.62. The highest BCUT2D eigenvalue weighted by atomic mass is 32.1. The molecule has 2 rings (SSSR count). The molecule has 4 heteroatoms. The highest BCUT2D eigenvalue weighted by molar-refractivity contribution is 7.80. The zero-order chi connectivity index (χ0) is 13.0. The molecular formula is C14H24N2S2. The number of aryl methyl sites for hydroxylation is 1. The molecule has 1 aromatic rings. The average molecular weight is 284 g/mol. The molecular weight excluding hydrogens is 260 g/mol. The Labute approximate surface area is 120 Å². The third-order valence-electron chi connectivity index (χ3n) is 4.11. The molecule has 102 valence electrons. The quantitative estimate of drug-likeness (QED) is 0.829. The van der Waals surface area contributed by atoms with Crippen LogP contribution >= 0.6 is 24.0 Å². The van der Waals surface area contributed by atoms with Crippen LogP contribution in [0.4, 0.5) is 0 Å². The SMILES string of the molecule is Cc1ncsc1CN(C)CC1(CS)CCCCC1. The molecule has 0 N–H and O–H groups in total. The lowest BCUT2D eigenvalue weighted by Gasteiger charge is -2.39. The molecule has 0 atom stereocenters. The van der Waals surface area contributed by atoms with Crippen molar-refractivity contribution >= 4 is 24.0 Å². The number of thiol groups is 1. The van der Waals surface area contributed by atoms with Crippen molar-refractivity contribution in [1.82, 2.24) is 9.88 Å². The first-order valence-corrected chi connectivity index (χ1v) is 8.35. The predicted molar refractivity (Wildman–Crippen MR) is 82.6 cm³/mol. The first-order valence-electron chi connectivity index (χ1n) is 6.84. The molecule has 1 heterocycles. The maximum atomic E-state index is 4.62. The Bertz CT molecular complexity index is 370. The minimum Gasteiger partial charge on any atom is -0.301 e. The van der Waals surface area contributed by atoms with Crippen LogP contribution in [0.3, 0.4) is 0 Å². The van der Waals surface area contributed by atoms with E-state index in [-0.39, 0.29) is 0 Å². The predicted octanol–water partition coefficient (Wildman–Crippen LogP) is 3.76. The fraction of sp³-hybridized carbons (Fsp3) is 0.786. The highest BCUT2D eigenvalue weighted by Gasteiger charge is 2.31. The summed E-state index contributed by atoms with van der Waals surface area (Å²) in [5.41, 5.74) is 3.60. The normalized spacial score (nSPS) is 19.3. The van der Waals surface area contributed by atoms with E-state index < -0.39 is 0 Å². The van der Waals surface area contributed by atoms with Gasteiger partial charge in [-0.2, -0.15) is 12.6 Å². The Hall–Kier alpha value is -0.0600. The van der Waals surface area contributed by atoms with Crippen LogP contribution in [0.25, 0.3) is 0 Å². The summed E-state index contributed by atoms with van der Waals surface area (Å²) in [7, 11) is 2.24. The second-order valence-electron chi connectivity index (χ2n) is 5.75. The van der Waals surface area contributed by atoms with Crippen LogP contribution in [0, 0.1) is 12.3 Å². The fourth-order valence-corrected chi connectivity index (χ4v) is 4.29. The van der Waals surface area contributed by atoms with E-state index in [1.54, 1.807) is 11.3 Å². The van der Waals surface area contributed by atoms with Crippen molar-refractivity contribution in [3.8, 4) is 0 Å². The summed E-state index contributed by atoms with van der Waals surface area (Å²) in [6, 6.07) is 0. The van der Waals surface area contributed by atoms with Gasteiger partial charge in [0.15, 0.2) is 0 Å². The molecule has 1 fully saturated rings. The van der Waals surface area contributed by atoms with Gasteiger partial charge in [-0.15, -0.1) is 11.3 Å². The van der Waals surface area contributed by atoms with Crippen LogP contribution in [0.5, 0.6) is 0 Å². The molecule has 1 saturated carbocycles. The van der Waals surface area contributed by atoms with Crippen LogP contribution in [0.2, 0.25) is 0 Å². The minimum atomic E-state index is 0.453. The van der Waals surface area contributed by atoms with Crippen LogP contribution < -0.4 is 0 Å². The molecule has 2 nitrogen and oxygen atoms in total. The Morgan fingerprint density at radius 3 is 2.67 bits per heavy atom. The molecule has 1 aliphatic carbocycles. The molecule has 0 radical (unpaired) electrons. The Kier molecular flexibility index (Phi) is 5.10. The van der Waals surface area contributed by atoms with Crippen molar-refractivity contribution < 1.29 is 0 Å². The topological polar surface area (TPSA) is 16.1 Å². The Morgan fingerprint density at radius 1 is 1.39 bits per heavy atom. The van der Waals surface area contributed by atoms with Gasteiger partial charge in [-0.1, -0.05) is 19.3 Å². The van der Waals surface area contributed by atoms with E-state index in [4.69, 9.17) is 0 Å². The summed E-state index contributed by atoms with van der Waals surface area (Å²) in [5, 5.41) is 0. The summed E-state index contributed by atoms with van der Waals surface area (Å²) in [4.78, 5) is 8.20. The zero-order valence-corrected chi connectivity index (χ0v) is 13.2. The van der Waals surface area contributed by atoms with E-state index in [1.165, 1.54) is 49.2 Å². The van der Waals surface area contributed by atoms with E-state index in [9.17, 15) is 0 Å². The number of nitrogens with zero attached hydrogens (tertiary/aromatic N) is 2. The largest absolute Gasteiger partial charge is 0.301 e. The van der Waals surface area contributed by atoms with Crippen molar-refractivity contribution in [1.29, 1.82) is 0 Å². The van der Waals surface area contributed by atoms with Gasteiger partial charge in [0, 0.05) is 18.0 Å².